The number of rotatable bonds is 8. The molecule has 0 saturated carbocycles. The first-order chi connectivity index (χ1) is 8.95. The Balaban J connectivity index is 3.01. The molecule has 1 atom stereocenters. The molecule has 1 aromatic heterocycles. The molecule has 0 fully saturated rings. The maximum atomic E-state index is 5.57. The van der Waals surface area contributed by atoms with E-state index in [0.29, 0.717) is 0 Å². The zero-order valence-corrected chi connectivity index (χ0v) is 14.2. The van der Waals surface area contributed by atoms with Gasteiger partial charge in [-0.05, 0) is 49.2 Å². The third kappa shape index (κ3) is 4.58. The van der Waals surface area contributed by atoms with Crippen LogP contribution in [0.4, 0.5) is 0 Å². The zero-order chi connectivity index (χ0) is 14.5. The van der Waals surface area contributed by atoms with Crippen molar-refractivity contribution in [3.05, 3.63) is 16.4 Å². The third-order valence-corrected chi connectivity index (χ3v) is 3.91. The van der Waals surface area contributed by atoms with Crippen LogP contribution in [0.15, 0.2) is 10.7 Å². The summed E-state index contributed by atoms with van der Waals surface area (Å²) >= 11 is 3.62. The summed E-state index contributed by atoms with van der Waals surface area (Å²) in [4.78, 5) is 0. The average Bonchev–Trinajstić information content (AvgIpc) is 2.70. The van der Waals surface area contributed by atoms with Crippen LogP contribution in [0, 0.1) is 0 Å². The van der Waals surface area contributed by atoms with Gasteiger partial charge in [0.15, 0.2) is 0 Å². The Morgan fingerprint density at radius 3 is 2.68 bits per heavy atom. The summed E-state index contributed by atoms with van der Waals surface area (Å²) in [5.41, 5.74) is 1.06. The van der Waals surface area contributed by atoms with Crippen molar-refractivity contribution in [2.24, 2.45) is 0 Å². The largest absolute Gasteiger partial charge is 0.379 e. The minimum Gasteiger partial charge on any atom is -0.379 e. The van der Waals surface area contributed by atoms with Crippen molar-refractivity contribution in [2.45, 2.75) is 58.7 Å². The Morgan fingerprint density at radius 2 is 2.16 bits per heavy atom. The molecule has 0 radical (unpaired) electrons. The van der Waals surface area contributed by atoms with E-state index in [0.717, 1.165) is 30.4 Å². The van der Waals surface area contributed by atoms with Crippen LogP contribution >= 0.6 is 15.9 Å². The van der Waals surface area contributed by atoms with Gasteiger partial charge < -0.3 is 10.1 Å². The summed E-state index contributed by atoms with van der Waals surface area (Å²) in [6, 6.07) is 0.239. The quantitative estimate of drug-likeness (QED) is 0.792. The summed E-state index contributed by atoms with van der Waals surface area (Å²) < 4.78 is 8.72. The molecule has 1 N–H and O–H groups in total. The lowest BCUT2D eigenvalue weighted by molar-refractivity contribution is 0.00619. The first-order valence-corrected chi connectivity index (χ1v) is 7.74. The summed E-state index contributed by atoms with van der Waals surface area (Å²) in [6.45, 7) is 10.4. The van der Waals surface area contributed by atoms with Crippen molar-refractivity contribution in [1.82, 2.24) is 15.1 Å². The van der Waals surface area contributed by atoms with E-state index in [2.05, 4.69) is 58.7 Å². The number of halogens is 1. The van der Waals surface area contributed by atoms with Gasteiger partial charge in [0.2, 0.25) is 0 Å². The Labute approximate surface area is 125 Å². The van der Waals surface area contributed by atoms with Crippen LogP contribution in [0.2, 0.25) is 0 Å². The van der Waals surface area contributed by atoms with Crippen molar-refractivity contribution in [2.75, 3.05) is 13.7 Å². The van der Waals surface area contributed by atoms with Crippen molar-refractivity contribution in [3.63, 3.8) is 0 Å². The number of nitrogens with zero attached hydrogens (tertiary/aromatic N) is 2. The predicted molar refractivity (Wildman–Crippen MR) is 82.3 cm³/mol. The van der Waals surface area contributed by atoms with E-state index in [1.165, 1.54) is 5.69 Å². The maximum Gasteiger partial charge on any atom is 0.0696 e. The van der Waals surface area contributed by atoms with Crippen LogP contribution in [0.25, 0.3) is 0 Å². The number of hydrogen-bond donors (Lipinski definition) is 1. The average molecular weight is 332 g/mol. The minimum absolute atomic E-state index is 0.159. The number of aryl methyl sites for hydroxylation is 1. The van der Waals surface area contributed by atoms with Crippen LogP contribution in [0.3, 0.4) is 0 Å². The predicted octanol–water partition coefficient (Wildman–Crippen LogP) is 3.52. The molecular weight excluding hydrogens is 306 g/mol. The molecule has 0 aliphatic rings. The number of methoxy groups -OCH3 is 1. The second kappa shape index (κ2) is 7.41. The zero-order valence-electron chi connectivity index (χ0n) is 12.7. The molecular formula is C14H26BrN3O. The van der Waals surface area contributed by atoms with Gasteiger partial charge >= 0.3 is 0 Å². The molecule has 4 nitrogen and oxygen atoms in total. The van der Waals surface area contributed by atoms with E-state index in [9.17, 15) is 0 Å². The van der Waals surface area contributed by atoms with Crippen molar-refractivity contribution >= 4 is 15.9 Å². The van der Waals surface area contributed by atoms with E-state index in [-0.39, 0.29) is 11.6 Å². The Bertz CT molecular complexity index is 390. The molecule has 19 heavy (non-hydrogen) atoms. The van der Waals surface area contributed by atoms with Gasteiger partial charge in [0.05, 0.1) is 28.0 Å². The van der Waals surface area contributed by atoms with Crippen molar-refractivity contribution in [1.29, 1.82) is 0 Å². The van der Waals surface area contributed by atoms with Gasteiger partial charge in [0.25, 0.3) is 0 Å². The van der Waals surface area contributed by atoms with Gasteiger partial charge in [-0.25, -0.2) is 0 Å². The highest BCUT2D eigenvalue weighted by atomic mass is 79.9. The molecule has 5 heteroatoms. The smallest absolute Gasteiger partial charge is 0.0696 e. The van der Waals surface area contributed by atoms with Crippen LogP contribution in [0.1, 0.15) is 52.3 Å². The summed E-state index contributed by atoms with van der Waals surface area (Å²) in [7, 11) is 1.77. The topological polar surface area (TPSA) is 39.1 Å². The lowest BCUT2D eigenvalue weighted by Gasteiger charge is -2.29. The van der Waals surface area contributed by atoms with Crippen LogP contribution in [0.5, 0.6) is 0 Å². The third-order valence-electron chi connectivity index (χ3n) is 3.30. The fourth-order valence-corrected chi connectivity index (χ4v) is 2.77. The van der Waals surface area contributed by atoms with Crippen molar-refractivity contribution < 1.29 is 4.74 Å². The normalized spacial score (nSPS) is 13.8. The summed E-state index contributed by atoms with van der Waals surface area (Å²) in [5, 5.41) is 8.00. The lowest BCUT2D eigenvalue weighted by atomic mass is 9.96. The molecule has 0 bridgehead atoms. The van der Waals surface area contributed by atoms with Gasteiger partial charge in [-0.1, -0.05) is 13.8 Å². The molecule has 0 amide bonds. The highest BCUT2D eigenvalue weighted by Gasteiger charge is 2.27. The number of ether oxygens (including phenoxy) is 1. The Kier molecular flexibility index (Phi) is 6.50. The lowest BCUT2D eigenvalue weighted by Crippen LogP contribution is -2.33. The van der Waals surface area contributed by atoms with Gasteiger partial charge in [-0.2, -0.15) is 5.10 Å². The van der Waals surface area contributed by atoms with E-state index in [1.807, 2.05) is 6.20 Å². The molecule has 1 unspecified atom stereocenters. The summed E-state index contributed by atoms with van der Waals surface area (Å²) in [5.74, 6) is 0. The van der Waals surface area contributed by atoms with E-state index in [4.69, 9.17) is 4.74 Å². The molecule has 0 aliphatic heterocycles. The highest BCUT2D eigenvalue weighted by Crippen LogP contribution is 2.30. The van der Waals surface area contributed by atoms with Crippen LogP contribution in [-0.4, -0.2) is 29.0 Å². The second-order valence-corrected chi connectivity index (χ2v) is 6.23. The van der Waals surface area contributed by atoms with E-state index >= 15 is 0 Å². The van der Waals surface area contributed by atoms with E-state index in [1.54, 1.807) is 7.11 Å². The second-order valence-electron chi connectivity index (χ2n) is 5.38. The monoisotopic (exact) mass is 331 g/mol. The SMILES string of the molecule is CCCn1ncc(Br)c1C(CC(C)(C)OC)NCC. The fourth-order valence-electron chi connectivity index (χ4n) is 2.20. The van der Waals surface area contributed by atoms with Gasteiger partial charge in [-0.15, -0.1) is 0 Å². The minimum atomic E-state index is -0.159. The molecule has 1 rings (SSSR count). The molecule has 1 heterocycles. The first kappa shape index (κ1) is 16.7. The highest BCUT2D eigenvalue weighted by molar-refractivity contribution is 9.10. The summed E-state index contributed by atoms with van der Waals surface area (Å²) in [6.07, 6.45) is 3.87. The van der Waals surface area contributed by atoms with Crippen LogP contribution < -0.4 is 5.32 Å². The molecule has 0 spiro atoms. The van der Waals surface area contributed by atoms with E-state index < -0.39 is 0 Å². The first-order valence-electron chi connectivity index (χ1n) is 6.94. The van der Waals surface area contributed by atoms with Gasteiger partial charge in [0, 0.05) is 13.7 Å². The maximum absolute atomic E-state index is 5.57. The number of hydrogen-bond acceptors (Lipinski definition) is 3. The molecule has 0 saturated heterocycles. The number of nitrogens with one attached hydrogen (secondary N) is 1. The molecule has 1 aromatic rings. The van der Waals surface area contributed by atoms with Crippen molar-refractivity contribution in [3.8, 4) is 0 Å². The van der Waals surface area contributed by atoms with Gasteiger partial charge in [-0.3, -0.25) is 4.68 Å². The van der Waals surface area contributed by atoms with Gasteiger partial charge in [0.1, 0.15) is 0 Å². The Morgan fingerprint density at radius 1 is 1.47 bits per heavy atom. The Hall–Kier alpha value is -0.390. The molecule has 0 aliphatic carbocycles. The molecule has 110 valence electrons. The molecule has 0 aromatic carbocycles. The standard InChI is InChI=1S/C14H26BrN3O/c1-6-8-18-13(11(15)10-17-18)12(16-7-2)9-14(3,4)19-5/h10,12,16H,6-9H2,1-5H3. The number of aromatic nitrogens is 2. The van der Waals surface area contributed by atoms with Crippen LogP contribution in [-0.2, 0) is 11.3 Å². The fraction of sp³-hybridized carbons (Fsp3) is 0.786.